The number of ether oxygens (including phenoxy) is 3. The van der Waals surface area contributed by atoms with Gasteiger partial charge in [-0.25, -0.2) is 0 Å². The molecule has 1 saturated heterocycles. The second-order valence-electron chi connectivity index (χ2n) is 5.00. The minimum absolute atomic E-state index is 0.272. The maximum Gasteiger partial charge on any atom is 0.345 e. The Kier molecular flexibility index (Phi) is 7.94. The second-order valence-corrected chi connectivity index (χ2v) is 5.00. The summed E-state index contributed by atoms with van der Waals surface area (Å²) in [5, 5.41) is 2.58. The van der Waals surface area contributed by atoms with Crippen molar-refractivity contribution in [3.05, 3.63) is 0 Å². The number of amides is 1. The predicted molar refractivity (Wildman–Crippen MR) is 68.5 cm³/mol. The lowest BCUT2D eigenvalue weighted by Crippen LogP contribution is -2.46. The van der Waals surface area contributed by atoms with E-state index in [4.69, 9.17) is 9.47 Å². The molecule has 0 radical (unpaired) electrons. The van der Waals surface area contributed by atoms with Crippen LogP contribution in [0.3, 0.4) is 0 Å². The van der Waals surface area contributed by atoms with Gasteiger partial charge in [0.05, 0.1) is 25.4 Å². The van der Waals surface area contributed by atoms with Gasteiger partial charge in [-0.1, -0.05) is 0 Å². The molecule has 1 aliphatic rings. The van der Waals surface area contributed by atoms with Gasteiger partial charge in [0.25, 0.3) is 0 Å². The minimum Gasteiger partial charge on any atom is -0.381 e. The molecule has 0 spiro atoms. The van der Waals surface area contributed by atoms with Crippen molar-refractivity contribution in [1.29, 1.82) is 0 Å². The number of hydrogen-bond acceptors (Lipinski definition) is 4. The number of nitrogens with one attached hydrogen (secondary N) is 1. The Morgan fingerprint density at radius 2 is 2.00 bits per heavy atom. The summed E-state index contributed by atoms with van der Waals surface area (Å²) in [7, 11) is 0. The van der Waals surface area contributed by atoms with Gasteiger partial charge < -0.3 is 19.5 Å². The fourth-order valence-corrected chi connectivity index (χ4v) is 2.05. The molecule has 1 heterocycles. The quantitative estimate of drug-likeness (QED) is 0.738. The lowest BCUT2D eigenvalue weighted by Gasteiger charge is -2.28. The summed E-state index contributed by atoms with van der Waals surface area (Å²) in [5.74, 6) is 0.120. The summed E-state index contributed by atoms with van der Waals surface area (Å²) in [5.41, 5.74) is 0. The van der Waals surface area contributed by atoms with Crippen LogP contribution in [0.1, 0.15) is 26.7 Å². The third kappa shape index (κ3) is 7.12. The van der Waals surface area contributed by atoms with Gasteiger partial charge in [-0.3, -0.25) is 4.79 Å². The van der Waals surface area contributed by atoms with E-state index in [1.54, 1.807) is 6.92 Å². The molecule has 0 bridgehead atoms. The zero-order valence-corrected chi connectivity index (χ0v) is 11.9. The summed E-state index contributed by atoms with van der Waals surface area (Å²) in [6.45, 7) is 1.95. The van der Waals surface area contributed by atoms with Crippen LogP contribution in [-0.4, -0.2) is 51.1 Å². The number of rotatable bonds is 8. The molecule has 20 heavy (non-hydrogen) atoms. The maximum atomic E-state index is 12.1. The molecule has 5 nitrogen and oxygen atoms in total. The molecule has 0 saturated carbocycles. The molecule has 0 aromatic heterocycles. The fraction of sp³-hybridized carbons (Fsp3) is 0.923. The van der Waals surface area contributed by atoms with Gasteiger partial charge in [0.2, 0.25) is 5.91 Å². The zero-order valence-electron chi connectivity index (χ0n) is 11.9. The summed E-state index contributed by atoms with van der Waals surface area (Å²) in [4.78, 5) is 11.1. The lowest BCUT2D eigenvalue weighted by atomic mass is 10.0. The predicted octanol–water partition coefficient (Wildman–Crippen LogP) is 1.56. The molecular formula is C13H23F2NO4. The number of hydrogen-bond donors (Lipinski definition) is 1. The van der Waals surface area contributed by atoms with Crippen LogP contribution < -0.4 is 5.32 Å². The second kappa shape index (κ2) is 9.20. The number of carbonyl (C=O) groups excluding carboxylic acids is 1. The van der Waals surface area contributed by atoms with Gasteiger partial charge in [-0.2, -0.15) is 8.78 Å². The SMILES string of the molecule is CC(=O)NC(COC(F)F)C(C)OCC1CCOCC1. The first-order valence-electron chi connectivity index (χ1n) is 6.85. The largest absolute Gasteiger partial charge is 0.381 e. The molecular weight excluding hydrogens is 272 g/mol. The molecule has 7 heteroatoms. The Morgan fingerprint density at radius 1 is 1.35 bits per heavy atom. The van der Waals surface area contributed by atoms with E-state index in [9.17, 15) is 13.6 Å². The van der Waals surface area contributed by atoms with Crippen LogP contribution in [0.2, 0.25) is 0 Å². The van der Waals surface area contributed by atoms with Gasteiger partial charge in [-0.15, -0.1) is 0 Å². The third-order valence-corrected chi connectivity index (χ3v) is 3.29. The molecule has 1 aliphatic heterocycles. The van der Waals surface area contributed by atoms with Crippen LogP contribution in [-0.2, 0) is 19.0 Å². The van der Waals surface area contributed by atoms with E-state index < -0.39 is 12.7 Å². The van der Waals surface area contributed by atoms with E-state index in [1.807, 2.05) is 0 Å². The van der Waals surface area contributed by atoms with Crippen LogP contribution >= 0.6 is 0 Å². The first-order valence-corrected chi connectivity index (χ1v) is 6.85. The Bertz CT molecular complexity index is 286. The van der Waals surface area contributed by atoms with Gasteiger partial charge in [0, 0.05) is 20.1 Å². The van der Waals surface area contributed by atoms with Crippen molar-refractivity contribution in [1.82, 2.24) is 5.32 Å². The lowest BCUT2D eigenvalue weighted by molar-refractivity contribution is -0.146. The number of halogens is 2. The first-order chi connectivity index (χ1) is 9.49. The molecule has 2 unspecified atom stereocenters. The molecule has 1 fully saturated rings. The van der Waals surface area contributed by atoms with Crippen molar-refractivity contribution < 1.29 is 27.8 Å². The first kappa shape index (κ1) is 17.3. The van der Waals surface area contributed by atoms with Crippen molar-refractivity contribution in [3.8, 4) is 0 Å². The van der Waals surface area contributed by atoms with E-state index in [-0.39, 0.29) is 18.6 Å². The molecule has 1 rings (SSSR count). The van der Waals surface area contributed by atoms with E-state index in [0.29, 0.717) is 12.5 Å². The standard InChI is InChI=1S/C13H23F2NO4/c1-9(19-7-11-3-5-18-6-4-11)12(16-10(2)17)8-20-13(14)15/h9,11-13H,3-8H2,1-2H3,(H,16,17). The molecule has 0 aliphatic carbocycles. The highest BCUT2D eigenvalue weighted by molar-refractivity contribution is 5.73. The Labute approximate surface area is 117 Å². The van der Waals surface area contributed by atoms with E-state index >= 15 is 0 Å². The Hall–Kier alpha value is -0.790. The van der Waals surface area contributed by atoms with E-state index in [2.05, 4.69) is 10.1 Å². The average molecular weight is 295 g/mol. The smallest absolute Gasteiger partial charge is 0.345 e. The van der Waals surface area contributed by atoms with Crippen LogP contribution in [0, 0.1) is 5.92 Å². The molecule has 1 amide bonds. The van der Waals surface area contributed by atoms with Crippen molar-refractivity contribution >= 4 is 5.91 Å². The number of alkyl halides is 2. The molecule has 0 aromatic rings. The zero-order chi connectivity index (χ0) is 15.0. The van der Waals surface area contributed by atoms with Gasteiger partial charge in [0.1, 0.15) is 0 Å². The van der Waals surface area contributed by atoms with Crippen LogP contribution in [0.15, 0.2) is 0 Å². The van der Waals surface area contributed by atoms with Crippen molar-refractivity contribution in [2.45, 2.75) is 45.4 Å². The summed E-state index contributed by atoms with van der Waals surface area (Å²) in [6, 6.07) is -0.582. The molecule has 1 N–H and O–H groups in total. The maximum absolute atomic E-state index is 12.1. The summed E-state index contributed by atoms with van der Waals surface area (Å²) in [6.07, 6.45) is 1.48. The van der Waals surface area contributed by atoms with Crippen molar-refractivity contribution in [3.63, 3.8) is 0 Å². The highest BCUT2D eigenvalue weighted by Gasteiger charge is 2.23. The topological polar surface area (TPSA) is 56.8 Å². The molecule has 118 valence electrons. The Balaban J connectivity index is 2.36. The molecule has 2 atom stereocenters. The van der Waals surface area contributed by atoms with Crippen molar-refractivity contribution in [2.75, 3.05) is 26.4 Å². The molecule has 0 aromatic carbocycles. The van der Waals surface area contributed by atoms with Gasteiger partial charge in [-0.05, 0) is 25.7 Å². The summed E-state index contributed by atoms with van der Waals surface area (Å²) < 4.78 is 39.4. The summed E-state index contributed by atoms with van der Waals surface area (Å²) >= 11 is 0. The van der Waals surface area contributed by atoms with Crippen LogP contribution in [0.25, 0.3) is 0 Å². The van der Waals surface area contributed by atoms with Gasteiger partial charge in [0.15, 0.2) is 0 Å². The van der Waals surface area contributed by atoms with Gasteiger partial charge >= 0.3 is 6.61 Å². The van der Waals surface area contributed by atoms with E-state index in [1.165, 1.54) is 6.92 Å². The minimum atomic E-state index is -2.85. The normalized spacial score (nSPS) is 19.9. The van der Waals surface area contributed by atoms with Crippen molar-refractivity contribution in [2.24, 2.45) is 5.92 Å². The fourth-order valence-electron chi connectivity index (χ4n) is 2.05. The third-order valence-electron chi connectivity index (χ3n) is 3.29. The highest BCUT2D eigenvalue weighted by atomic mass is 19.3. The average Bonchev–Trinajstić information content (AvgIpc) is 2.41. The number of carbonyl (C=O) groups is 1. The van der Waals surface area contributed by atoms with E-state index in [0.717, 1.165) is 26.1 Å². The Morgan fingerprint density at radius 3 is 2.55 bits per heavy atom. The monoisotopic (exact) mass is 295 g/mol. The highest BCUT2D eigenvalue weighted by Crippen LogP contribution is 2.16. The van der Waals surface area contributed by atoms with Crippen LogP contribution in [0.4, 0.5) is 8.78 Å². The van der Waals surface area contributed by atoms with Crippen LogP contribution in [0.5, 0.6) is 0 Å².